The Labute approximate surface area is 132 Å². The minimum absolute atomic E-state index is 0.0487. The van der Waals surface area contributed by atoms with Crippen LogP contribution in [0, 0.1) is 5.82 Å². The second-order valence-corrected chi connectivity index (χ2v) is 7.67. The van der Waals surface area contributed by atoms with E-state index in [9.17, 15) is 26.0 Å². The van der Waals surface area contributed by atoms with Gasteiger partial charge >= 0.3 is 6.18 Å². The maximum Gasteiger partial charge on any atom is 0.416 e. The molecule has 1 saturated heterocycles. The van der Waals surface area contributed by atoms with Gasteiger partial charge in [-0.05, 0) is 45.1 Å². The molecule has 2 rings (SSSR count). The molecule has 0 aliphatic carbocycles. The highest BCUT2D eigenvalue weighted by molar-refractivity contribution is 7.89. The second kappa shape index (κ2) is 6.37. The van der Waals surface area contributed by atoms with Crippen molar-refractivity contribution in [2.75, 3.05) is 27.2 Å². The fourth-order valence-electron chi connectivity index (χ4n) is 2.58. The summed E-state index contributed by atoms with van der Waals surface area (Å²) in [7, 11) is -0.716. The fraction of sp³-hybridized carbons (Fsp3) is 0.571. The van der Waals surface area contributed by atoms with Gasteiger partial charge in [-0.3, -0.25) is 0 Å². The molecule has 1 aliphatic rings. The minimum atomic E-state index is -4.73. The van der Waals surface area contributed by atoms with Crippen LogP contribution in [0.2, 0.25) is 0 Å². The van der Waals surface area contributed by atoms with E-state index in [2.05, 4.69) is 0 Å². The number of hydrogen-bond donors (Lipinski definition) is 0. The third-order valence-electron chi connectivity index (χ3n) is 3.97. The number of halogens is 4. The molecule has 1 atom stereocenters. The summed E-state index contributed by atoms with van der Waals surface area (Å²) in [6, 6.07) is 1.40. The summed E-state index contributed by atoms with van der Waals surface area (Å²) in [5, 5.41) is 0. The van der Waals surface area contributed by atoms with Crippen LogP contribution in [-0.4, -0.2) is 50.8 Å². The summed E-state index contributed by atoms with van der Waals surface area (Å²) >= 11 is 0. The van der Waals surface area contributed by atoms with Crippen LogP contribution in [0.3, 0.4) is 0 Å². The lowest BCUT2D eigenvalue weighted by Gasteiger charge is -2.35. The third kappa shape index (κ3) is 3.84. The van der Waals surface area contributed by atoms with E-state index >= 15 is 0 Å². The summed E-state index contributed by atoms with van der Waals surface area (Å²) in [6.07, 6.45) is -3.38. The molecule has 0 amide bonds. The lowest BCUT2D eigenvalue weighted by Crippen LogP contribution is -2.47. The fourth-order valence-corrected chi connectivity index (χ4v) is 4.18. The molecule has 0 bridgehead atoms. The van der Waals surface area contributed by atoms with E-state index in [1.807, 2.05) is 4.90 Å². The summed E-state index contributed by atoms with van der Waals surface area (Å²) in [6.45, 7) is 0.299. The first-order chi connectivity index (χ1) is 10.5. The largest absolute Gasteiger partial charge is 0.416 e. The van der Waals surface area contributed by atoms with Crippen molar-refractivity contribution in [3.8, 4) is 0 Å². The molecule has 0 spiro atoms. The van der Waals surface area contributed by atoms with Gasteiger partial charge in [-0.2, -0.15) is 17.5 Å². The molecule has 4 nitrogen and oxygen atoms in total. The van der Waals surface area contributed by atoms with Crippen LogP contribution in [-0.2, 0) is 16.2 Å². The van der Waals surface area contributed by atoms with Crippen molar-refractivity contribution >= 4 is 10.0 Å². The Balaban J connectivity index is 2.39. The Hall–Kier alpha value is -1.19. The van der Waals surface area contributed by atoms with E-state index in [0.717, 1.165) is 10.7 Å². The van der Waals surface area contributed by atoms with E-state index in [1.165, 1.54) is 0 Å². The van der Waals surface area contributed by atoms with Crippen LogP contribution in [0.4, 0.5) is 17.6 Å². The Morgan fingerprint density at radius 2 is 1.91 bits per heavy atom. The zero-order valence-electron chi connectivity index (χ0n) is 12.8. The van der Waals surface area contributed by atoms with Crippen LogP contribution in [0.5, 0.6) is 0 Å². The van der Waals surface area contributed by atoms with E-state index in [4.69, 9.17) is 0 Å². The van der Waals surface area contributed by atoms with Crippen molar-refractivity contribution in [2.24, 2.45) is 0 Å². The van der Waals surface area contributed by atoms with Crippen LogP contribution in [0.15, 0.2) is 23.1 Å². The normalized spacial score (nSPS) is 20.9. The highest BCUT2D eigenvalue weighted by atomic mass is 32.2. The van der Waals surface area contributed by atoms with Gasteiger partial charge in [0.2, 0.25) is 10.0 Å². The van der Waals surface area contributed by atoms with E-state index < -0.39 is 32.5 Å². The Morgan fingerprint density at radius 1 is 1.26 bits per heavy atom. The molecule has 0 N–H and O–H groups in total. The van der Waals surface area contributed by atoms with Gasteiger partial charge in [-0.15, -0.1) is 0 Å². The molecule has 23 heavy (non-hydrogen) atoms. The van der Waals surface area contributed by atoms with Crippen molar-refractivity contribution in [1.29, 1.82) is 0 Å². The minimum Gasteiger partial charge on any atom is -0.305 e. The first kappa shape index (κ1) is 18.2. The van der Waals surface area contributed by atoms with Gasteiger partial charge in [0.25, 0.3) is 0 Å². The van der Waals surface area contributed by atoms with Gasteiger partial charge in [0.1, 0.15) is 10.7 Å². The van der Waals surface area contributed by atoms with E-state index in [0.29, 0.717) is 24.6 Å². The van der Waals surface area contributed by atoms with Gasteiger partial charge in [-0.25, -0.2) is 12.8 Å². The molecular weight excluding hydrogens is 336 g/mol. The predicted molar refractivity (Wildman–Crippen MR) is 76.9 cm³/mol. The molecule has 130 valence electrons. The highest BCUT2D eigenvalue weighted by Crippen LogP contribution is 2.33. The van der Waals surface area contributed by atoms with Crippen molar-refractivity contribution < 1.29 is 26.0 Å². The zero-order chi connectivity index (χ0) is 17.4. The first-order valence-corrected chi connectivity index (χ1v) is 8.51. The number of sulfonamides is 1. The lowest BCUT2D eigenvalue weighted by atomic mass is 10.1. The molecule has 1 aromatic carbocycles. The Bertz CT molecular complexity index is 674. The topological polar surface area (TPSA) is 40.6 Å². The number of benzene rings is 1. The average molecular weight is 354 g/mol. The van der Waals surface area contributed by atoms with Gasteiger partial charge in [0, 0.05) is 19.1 Å². The monoisotopic (exact) mass is 354 g/mol. The summed E-state index contributed by atoms with van der Waals surface area (Å²) in [5.41, 5.74) is -1.18. The molecule has 0 saturated carbocycles. The van der Waals surface area contributed by atoms with Gasteiger partial charge in [0.05, 0.1) is 5.56 Å². The number of nitrogens with zero attached hydrogens (tertiary/aromatic N) is 2. The van der Waals surface area contributed by atoms with Crippen LogP contribution < -0.4 is 0 Å². The molecule has 0 aromatic heterocycles. The SMILES string of the molecule is CN(C)C1CCCN(S(=O)(=O)c2cc(C(F)(F)F)ccc2F)C1. The summed E-state index contributed by atoms with van der Waals surface area (Å²) in [4.78, 5) is 0.927. The highest BCUT2D eigenvalue weighted by Gasteiger charge is 2.36. The predicted octanol–water partition coefficient (Wildman–Crippen LogP) is 2.56. The van der Waals surface area contributed by atoms with Gasteiger partial charge in [0.15, 0.2) is 0 Å². The summed E-state index contributed by atoms with van der Waals surface area (Å²) in [5.74, 6) is -1.18. The van der Waals surface area contributed by atoms with E-state index in [1.54, 1.807) is 14.1 Å². The van der Waals surface area contributed by atoms with Crippen molar-refractivity contribution in [3.05, 3.63) is 29.6 Å². The zero-order valence-corrected chi connectivity index (χ0v) is 13.6. The average Bonchev–Trinajstić information content (AvgIpc) is 2.46. The number of hydrogen-bond acceptors (Lipinski definition) is 3. The molecule has 1 aliphatic heterocycles. The number of likely N-dealkylation sites (N-methyl/N-ethyl adjacent to an activating group) is 1. The Morgan fingerprint density at radius 3 is 2.48 bits per heavy atom. The molecule has 1 fully saturated rings. The quantitative estimate of drug-likeness (QED) is 0.784. The van der Waals surface area contributed by atoms with Crippen molar-refractivity contribution in [1.82, 2.24) is 9.21 Å². The molecule has 0 radical (unpaired) electrons. The third-order valence-corrected chi connectivity index (χ3v) is 5.85. The lowest BCUT2D eigenvalue weighted by molar-refractivity contribution is -0.137. The van der Waals surface area contributed by atoms with Crippen molar-refractivity contribution in [3.63, 3.8) is 0 Å². The van der Waals surface area contributed by atoms with Crippen LogP contribution in [0.1, 0.15) is 18.4 Å². The maximum atomic E-state index is 13.9. The number of rotatable bonds is 3. The standard InChI is InChI=1S/C14H18F4N2O2S/c1-19(2)11-4-3-7-20(9-11)23(21,22)13-8-10(14(16,17)18)5-6-12(13)15/h5-6,8,11H,3-4,7,9H2,1-2H3. The number of piperidine rings is 1. The molecule has 1 aromatic rings. The molecule has 9 heteroatoms. The van der Waals surface area contributed by atoms with Gasteiger partial charge in [-0.1, -0.05) is 0 Å². The maximum absolute atomic E-state index is 13.9. The Kier molecular flexibility index (Phi) is 5.03. The molecule has 1 unspecified atom stereocenters. The van der Waals surface area contributed by atoms with Gasteiger partial charge < -0.3 is 4.90 Å². The van der Waals surface area contributed by atoms with Crippen molar-refractivity contribution in [2.45, 2.75) is 30.0 Å². The summed E-state index contributed by atoms with van der Waals surface area (Å²) < 4.78 is 78.3. The first-order valence-electron chi connectivity index (χ1n) is 7.07. The molecular formula is C14H18F4N2O2S. The van der Waals surface area contributed by atoms with Crippen LogP contribution >= 0.6 is 0 Å². The van der Waals surface area contributed by atoms with E-state index in [-0.39, 0.29) is 19.1 Å². The van der Waals surface area contributed by atoms with Crippen LogP contribution in [0.25, 0.3) is 0 Å². The smallest absolute Gasteiger partial charge is 0.305 e. The number of alkyl halides is 3. The molecule has 1 heterocycles. The second-order valence-electron chi connectivity index (χ2n) is 5.77.